The molecule has 0 radical (unpaired) electrons. The number of fused-ring (bicyclic) bond motifs is 3. The Hall–Kier alpha value is -2.13. The van der Waals surface area contributed by atoms with Gasteiger partial charge in [-0.2, -0.15) is 0 Å². The third kappa shape index (κ3) is 3.60. The van der Waals surface area contributed by atoms with Crippen LogP contribution in [0.1, 0.15) is 27.4 Å². The normalized spacial score (nSPS) is 16.7. The summed E-state index contributed by atoms with van der Waals surface area (Å²) < 4.78 is 8.27. The fourth-order valence-electron chi connectivity index (χ4n) is 3.79. The van der Waals surface area contributed by atoms with E-state index in [9.17, 15) is 0 Å². The van der Waals surface area contributed by atoms with Crippen LogP contribution in [0.5, 0.6) is 0 Å². The minimum atomic E-state index is 0.219. The van der Waals surface area contributed by atoms with Gasteiger partial charge in [-0.1, -0.05) is 6.07 Å². The molecule has 28 heavy (non-hydrogen) atoms. The summed E-state index contributed by atoms with van der Waals surface area (Å²) in [4.78, 5) is 16.2. The molecule has 0 fully saturated rings. The summed E-state index contributed by atoms with van der Waals surface area (Å²) in [5, 5.41) is 6.31. The van der Waals surface area contributed by atoms with Crippen LogP contribution in [-0.2, 0) is 24.4 Å². The minimum Gasteiger partial charge on any atom is -0.371 e. The molecule has 0 aliphatic carbocycles. The molecule has 6 nitrogen and oxygen atoms in total. The van der Waals surface area contributed by atoms with Crippen molar-refractivity contribution in [2.45, 2.75) is 32.7 Å². The first kappa shape index (κ1) is 17.9. The van der Waals surface area contributed by atoms with Crippen molar-refractivity contribution in [3.63, 3.8) is 0 Å². The van der Waals surface area contributed by atoms with Gasteiger partial charge in [-0.15, -0.1) is 22.7 Å². The van der Waals surface area contributed by atoms with Gasteiger partial charge in [-0.05, 0) is 24.6 Å². The first-order chi connectivity index (χ1) is 13.8. The smallest absolute Gasteiger partial charge is 0.136 e. The molecular formula is C20H21N5OS2. The van der Waals surface area contributed by atoms with Crippen LogP contribution in [0, 0.1) is 6.92 Å². The number of benzene rings is 1. The van der Waals surface area contributed by atoms with Crippen LogP contribution in [0.15, 0.2) is 41.4 Å². The molecule has 1 aliphatic heterocycles. The third-order valence-corrected chi connectivity index (χ3v) is 6.51. The Morgan fingerprint density at radius 1 is 1.14 bits per heavy atom. The molecule has 3 aromatic heterocycles. The highest BCUT2D eigenvalue weighted by molar-refractivity contribution is 7.09. The first-order valence-electron chi connectivity index (χ1n) is 9.30. The number of imidazole rings is 1. The average molecular weight is 412 g/mol. The largest absolute Gasteiger partial charge is 0.371 e. The highest BCUT2D eigenvalue weighted by Gasteiger charge is 2.26. The maximum Gasteiger partial charge on any atom is 0.136 e. The lowest BCUT2D eigenvalue weighted by atomic mass is 10.2. The van der Waals surface area contributed by atoms with Gasteiger partial charge in [0.15, 0.2) is 0 Å². The van der Waals surface area contributed by atoms with Gasteiger partial charge in [0, 0.05) is 29.7 Å². The predicted octanol–water partition coefficient (Wildman–Crippen LogP) is 4.03. The minimum absolute atomic E-state index is 0.219. The van der Waals surface area contributed by atoms with Gasteiger partial charge in [0.25, 0.3) is 0 Å². The molecule has 4 heterocycles. The summed E-state index contributed by atoms with van der Waals surface area (Å²) in [6.07, 6.45) is 3.74. The van der Waals surface area contributed by atoms with Crippen molar-refractivity contribution < 1.29 is 4.74 Å². The molecule has 0 bridgehead atoms. The molecule has 8 heteroatoms. The molecule has 1 atom stereocenters. The Labute approximate surface area is 171 Å². The molecule has 0 N–H and O–H groups in total. The molecule has 0 unspecified atom stereocenters. The molecule has 5 rings (SSSR count). The topological polar surface area (TPSA) is 56.1 Å². The van der Waals surface area contributed by atoms with Crippen molar-refractivity contribution in [3.05, 3.63) is 62.8 Å². The summed E-state index contributed by atoms with van der Waals surface area (Å²) in [5.41, 5.74) is 3.48. The fraction of sp³-hybridized carbons (Fsp3) is 0.350. The zero-order chi connectivity index (χ0) is 18.9. The quantitative estimate of drug-likeness (QED) is 0.479. The van der Waals surface area contributed by atoms with Crippen molar-refractivity contribution in [2.24, 2.45) is 0 Å². The van der Waals surface area contributed by atoms with E-state index >= 15 is 0 Å². The monoisotopic (exact) mass is 411 g/mol. The van der Waals surface area contributed by atoms with Gasteiger partial charge in [0.05, 0.1) is 36.8 Å². The Morgan fingerprint density at radius 2 is 1.89 bits per heavy atom. The lowest BCUT2D eigenvalue weighted by Crippen LogP contribution is -2.35. The van der Waals surface area contributed by atoms with Crippen LogP contribution >= 0.6 is 22.7 Å². The Morgan fingerprint density at radius 3 is 2.57 bits per heavy atom. The second-order valence-electron chi connectivity index (χ2n) is 7.08. The van der Waals surface area contributed by atoms with E-state index in [1.54, 1.807) is 22.7 Å². The number of rotatable bonds is 6. The Balaban J connectivity index is 1.45. The van der Waals surface area contributed by atoms with Gasteiger partial charge in [-0.25, -0.2) is 15.0 Å². The molecule has 1 aliphatic rings. The van der Waals surface area contributed by atoms with E-state index in [4.69, 9.17) is 9.72 Å². The average Bonchev–Trinajstić information content (AvgIpc) is 3.42. The van der Waals surface area contributed by atoms with Crippen molar-refractivity contribution in [1.82, 2.24) is 24.4 Å². The molecule has 4 aromatic rings. The number of hydrogen-bond acceptors (Lipinski definition) is 7. The Kier molecular flexibility index (Phi) is 4.94. The first-order valence-corrected chi connectivity index (χ1v) is 11.1. The number of aryl methyl sites for hydroxylation is 1. The van der Waals surface area contributed by atoms with Crippen LogP contribution < -0.4 is 0 Å². The van der Waals surface area contributed by atoms with E-state index in [2.05, 4.69) is 44.6 Å². The maximum absolute atomic E-state index is 5.90. The number of aromatic nitrogens is 4. The van der Waals surface area contributed by atoms with E-state index < -0.39 is 0 Å². The van der Waals surface area contributed by atoms with Gasteiger partial charge in [0.2, 0.25) is 0 Å². The van der Waals surface area contributed by atoms with Crippen LogP contribution in [0.25, 0.3) is 11.0 Å². The fourth-order valence-corrected chi connectivity index (χ4v) is 5.11. The van der Waals surface area contributed by atoms with Crippen LogP contribution in [0.3, 0.4) is 0 Å². The number of ether oxygens (including phenoxy) is 1. The second-order valence-corrected chi connectivity index (χ2v) is 9.04. The number of thiazole rings is 2. The summed E-state index contributed by atoms with van der Waals surface area (Å²) >= 11 is 3.39. The standard InChI is InChI=1S/C20H21N5OS2/c1-14-2-3-17-16(8-14)23-18-13-26-12-15(25(17)18)9-24(10-19-21-4-6-27-19)11-20-22-5-7-28-20/h2-8,15H,9-13H2,1H3/t15-/m0/s1. The van der Waals surface area contributed by atoms with E-state index in [0.717, 1.165) is 41.0 Å². The van der Waals surface area contributed by atoms with E-state index in [-0.39, 0.29) is 6.04 Å². The molecule has 0 spiro atoms. The van der Waals surface area contributed by atoms with Crippen molar-refractivity contribution in [1.29, 1.82) is 0 Å². The zero-order valence-corrected chi connectivity index (χ0v) is 17.2. The number of hydrogen-bond donors (Lipinski definition) is 0. The van der Waals surface area contributed by atoms with Gasteiger partial charge < -0.3 is 9.30 Å². The van der Waals surface area contributed by atoms with Crippen LogP contribution in [0.4, 0.5) is 0 Å². The zero-order valence-electron chi connectivity index (χ0n) is 15.6. The van der Waals surface area contributed by atoms with E-state index in [0.29, 0.717) is 13.2 Å². The van der Waals surface area contributed by atoms with E-state index in [1.807, 2.05) is 23.2 Å². The summed E-state index contributed by atoms with van der Waals surface area (Å²) in [5.74, 6) is 1.01. The van der Waals surface area contributed by atoms with Crippen LogP contribution in [-0.4, -0.2) is 37.6 Å². The molecule has 144 valence electrons. The lowest BCUT2D eigenvalue weighted by molar-refractivity contribution is 0.0402. The summed E-state index contributed by atoms with van der Waals surface area (Å²) in [7, 11) is 0. The maximum atomic E-state index is 5.90. The molecule has 1 aromatic carbocycles. The van der Waals surface area contributed by atoms with Crippen molar-refractivity contribution in [2.75, 3.05) is 13.2 Å². The highest BCUT2D eigenvalue weighted by Crippen LogP contribution is 2.28. The Bertz CT molecular complexity index is 1020. The molecule has 0 saturated carbocycles. The lowest BCUT2D eigenvalue weighted by Gasteiger charge is -2.31. The third-order valence-electron chi connectivity index (χ3n) is 4.98. The SMILES string of the molecule is Cc1ccc2c(c1)nc1n2[C@@H](CN(Cc2nccs2)Cc2nccs2)COC1. The number of nitrogens with zero attached hydrogens (tertiary/aromatic N) is 5. The summed E-state index contributed by atoms with van der Waals surface area (Å²) in [6, 6.07) is 6.72. The van der Waals surface area contributed by atoms with Crippen molar-refractivity contribution in [3.8, 4) is 0 Å². The highest BCUT2D eigenvalue weighted by atomic mass is 32.1. The predicted molar refractivity (Wildman–Crippen MR) is 112 cm³/mol. The van der Waals surface area contributed by atoms with Gasteiger partial charge in [-0.3, -0.25) is 4.90 Å². The van der Waals surface area contributed by atoms with E-state index in [1.165, 1.54) is 11.1 Å². The molecule has 0 amide bonds. The van der Waals surface area contributed by atoms with Crippen LogP contribution in [0.2, 0.25) is 0 Å². The summed E-state index contributed by atoms with van der Waals surface area (Å²) in [6.45, 7) is 5.87. The second kappa shape index (κ2) is 7.71. The molecular weight excluding hydrogens is 390 g/mol. The van der Waals surface area contributed by atoms with Gasteiger partial charge >= 0.3 is 0 Å². The van der Waals surface area contributed by atoms with Crippen molar-refractivity contribution >= 4 is 33.7 Å². The van der Waals surface area contributed by atoms with Gasteiger partial charge in [0.1, 0.15) is 22.4 Å². The molecule has 0 saturated heterocycles.